The van der Waals surface area contributed by atoms with Gasteiger partial charge in [0.05, 0.1) is 19.1 Å². The highest BCUT2D eigenvalue weighted by Gasteiger charge is 2.51. The van der Waals surface area contributed by atoms with E-state index in [1.165, 1.54) is 28.8 Å². The molecule has 1 amide bonds. The van der Waals surface area contributed by atoms with Crippen molar-refractivity contribution in [3.05, 3.63) is 65.2 Å². The fourth-order valence-corrected chi connectivity index (χ4v) is 7.03. The second-order valence-corrected chi connectivity index (χ2v) is 10.6. The first-order valence-corrected chi connectivity index (χ1v) is 13.3. The summed E-state index contributed by atoms with van der Waals surface area (Å²) >= 11 is 0. The number of anilines is 1. The minimum absolute atomic E-state index is 0.0501. The van der Waals surface area contributed by atoms with Gasteiger partial charge >= 0.3 is 0 Å². The molecule has 3 saturated heterocycles. The van der Waals surface area contributed by atoms with Crippen LogP contribution in [-0.2, 0) is 21.4 Å². The summed E-state index contributed by atoms with van der Waals surface area (Å²) < 4.78 is 5.55. The molecule has 1 aliphatic carbocycles. The van der Waals surface area contributed by atoms with E-state index >= 15 is 0 Å². The average molecular weight is 460 g/mol. The van der Waals surface area contributed by atoms with E-state index in [0.29, 0.717) is 11.8 Å². The van der Waals surface area contributed by atoms with Crippen molar-refractivity contribution in [2.75, 3.05) is 57.4 Å². The van der Waals surface area contributed by atoms with Crippen molar-refractivity contribution in [1.82, 2.24) is 10.2 Å². The number of benzene rings is 2. The lowest BCUT2D eigenvalue weighted by molar-refractivity contribution is -0.138. The van der Waals surface area contributed by atoms with Crippen LogP contribution in [0.15, 0.2) is 48.5 Å². The molecule has 4 aliphatic rings. The maximum atomic E-state index is 13.9. The summed E-state index contributed by atoms with van der Waals surface area (Å²) in [6.45, 7) is 7.04. The highest BCUT2D eigenvalue weighted by molar-refractivity contribution is 5.82. The Hall–Kier alpha value is -2.37. The molecule has 180 valence electrons. The van der Waals surface area contributed by atoms with Gasteiger partial charge in [0, 0.05) is 50.4 Å². The molecule has 0 bridgehead atoms. The molecule has 34 heavy (non-hydrogen) atoms. The van der Waals surface area contributed by atoms with E-state index in [9.17, 15) is 4.79 Å². The third-order valence-electron chi connectivity index (χ3n) is 8.90. The van der Waals surface area contributed by atoms with Gasteiger partial charge in [0.2, 0.25) is 5.91 Å². The lowest BCUT2D eigenvalue weighted by Gasteiger charge is -2.43. The van der Waals surface area contributed by atoms with E-state index in [-0.39, 0.29) is 11.3 Å². The average Bonchev–Trinajstić information content (AvgIpc) is 3.33. The second-order valence-electron chi connectivity index (χ2n) is 10.6. The molecule has 2 atom stereocenters. The molecule has 1 N–H and O–H groups in total. The van der Waals surface area contributed by atoms with Crippen LogP contribution in [0.3, 0.4) is 0 Å². The van der Waals surface area contributed by atoms with Crippen LogP contribution in [0.4, 0.5) is 5.69 Å². The van der Waals surface area contributed by atoms with Gasteiger partial charge in [-0.25, -0.2) is 0 Å². The zero-order chi connectivity index (χ0) is 23.0. The van der Waals surface area contributed by atoms with Crippen LogP contribution in [0.2, 0.25) is 0 Å². The van der Waals surface area contributed by atoms with Crippen LogP contribution in [0.5, 0.6) is 0 Å². The molecule has 0 aromatic heterocycles. The monoisotopic (exact) mass is 459 g/mol. The molecule has 3 heterocycles. The highest BCUT2D eigenvalue weighted by Crippen LogP contribution is 2.47. The van der Waals surface area contributed by atoms with E-state index < -0.39 is 0 Å². The lowest BCUT2D eigenvalue weighted by atomic mass is 9.64. The van der Waals surface area contributed by atoms with Crippen molar-refractivity contribution >= 4 is 11.6 Å². The van der Waals surface area contributed by atoms with Crippen LogP contribution < -0.4 is 10.2 Å². The predicted octanol–water partition coefficient (Wildman–Crippen LogP) is 3.72. The summed E-state index contributed by atoms with van der Waals surface area (Å²) in [7, 11) is 0. The Bertz CT molecular complexity index is 1010. The summed E-state index contributed by atoms with van der Waals surface area (Å²) in [6.07, 6.45) is 5.55. The van der Waals surface area contributed by atoms with Gasteiger partial charge in [-0.1, -0.05) is 36.4 Å². The summed E-state index contributed by atoms with van der Waals surface area (Å²) in [5.74, 6) is 1.01. The smallest absolute Gasteiger partial charge is 0.227 e. The molecule has 3 aliphatic heterocycles. The minimum atomic E-state index is -0.0511. The Morgan fingerprint density at radius 3 is 2.59 bits per heavy atom. The van der Waals surface area contributed by atoms with E-state index in [4.69, 9.17) is 4.74 Å². The van der Waals surface area contributed by atoms with Gasteiger partial charge in [-0.2, -0.15) is 0 Å². The molecule has 3 fully saturated rings. The third-order valence-corrected chi connectivity index (χ3v) is 8.90. The number of nitrogens with zero attached hydrogens (tertiary/aromatic N) is 2. The van der Waals surface area contributed by atoms with E-state index in [2.05, 4.69) is 63.6 Å². The number of fused-ring (bicyclic) bond motifs is 2. The van der Waals surface area contributed by atoms with Crippen molar-refractivity contribution in [2.24, 2.45) is 5.92 Å². The Labute approximate surface area is 203 Å². The molecule has 0 saturated carbocycles. The normalized spacial score (nSPS) is 27.7. The first-order chi connectivity index (χ1) is 16.7. The van der Waals surface area contributed by atoms with Crippen molar-refractivity contribution < 1.29 is 9.53 Å². The van der Waals surface area contributed by atoms with Crippen molar-refractivity contribution in [2.45, 2.75) is 43.4 Å². The quantitative estimate of drug-likeness (QED) is 0.760. The number of piperidine rings is 1. The van der Waals surface area contributed by atoms with Crippen molar-refractivity contribution in [1.29, 1.82) is 0 Å². The first-order valence-electron chi connectivity index (χ1n) is 13.3. The number of rotatable bonds is 3. The zero-order valence-electron chi connectivity index (χ0n) is 20.2. The van der Waals surface area contributed by atoms with Gasteiger partial charge in [-0.3, -0.25) is 4.79 Å². The second kappa shape index (κ2) is 9.35. The van der Waals surface area contributed by atoms with Crippen LogP contribution in [0.25, 0.3) is 0 Å². The Balaban J connectivity index is 1.20. The van der Waals surface area contributed by atoms with Crippen molar-refractivity contribution in [3.63, 3.8) is 0 Å². The number of nitrogens with one attached hydrogen (secondary N) is 1. The SMILES string of the molecule is O=C([C@@H]1CNC[C@]12CCCc1cc(N3CCOCC3)ccc12)N1CCC(c2ccccc2)CC1. The van der Waals surface area contributed by atoms with Crippen molar-refractivity contribution in [3.8, 4) is 0 Å². The van der Waals surface area contributed by atoms with Crippen LogP contribution in [0, 0.1) is 5.92 Å². The Kier molecular flexibility index (Phi) is 6.08. The van der Waals surface area contributed by atoms with Gasteiger partial charge < -0.3 is 19.9 Å². The van der Waals surface area contributed by atoms with Gasteiger partial charge in [0.25, 0.3) is 0 Å². The summed E-state index contributed by atoms with van der Waals surface area (Å²) in [4.78, 5) is 18.5. The Morgan fingerprint density at radius 1 is 1.00 bits per heavy atom. The molecule has 2 aromatic rings. The third kappa shape index (κ3) is 3.93. The number of carbonyl (C=O) groups is 1. The molecule has 0 unspecified atom stereocenters. The molecule has 6 rings (SSSR count). The van der Waals surface area contributed by atoms with E-state index in [1.54, 1.807) is 0 Å². The first kappa shape index (κ1) is 22.1. The lowest BCUT2D eigenvalue weighted by Crippen LogP contribution is -2.49. The fraction of sp³-hybridized carbons (Fsp3) is 0.552. The number of ether oxygens (including phenoxy) is 1. The molecule has 0 radical (unpaired) electrons. The summed E-state index contributed by atoms with van der Waals surface area (Å²) in [6, 6.07) is 17.9. The molecule has 5 heteroatoms. The topological polar surface area (TPSA) is 44.8 Å². The summed E-state index contributed by atoms with van der Waals surface area (Å²) in [5, 5.41) is 3.63. The standard InChI is InChI=1S/C29H37N3O2/c33-28(32-13-10-23(11-14-32)22-5-2-1-3-6-22)27-20-30-21-29(27)12-4-7-24-19-25(8-9-26(24)29)31-15-17-34-18-16-31/h1-3,5-6,8-9,19,23,27,30H,4,7,10-18,20-21H2/t27-,29-/m0/s1. The molecule has 2 aromatic carbocycles. The van der Waals surface area contributed by atoms with E-state index in [0.717, 1.165) is 78.2 Å². The molecular weight excluding hydrogens is 422 g/mol. The largest absolute Gasteiger partial charge is 0.378 e. The van der Waals surface area contributed by atoms with Crippen LogP contribution >= 0.6 is 0 Å². The van der Waals surface area contributed by atoms with Gasteiger partial charge in [0.1, 0.15) is 0 Å². The number of amides is 1. The molecular formula is C29H37N3O2. The number of morpholine rings is 1. The fourth-order valence-electron chi connectivity index (χ4n) is 7.03. The van der Waals surface area contributed by atoms with E-state index in [1.807, 2.05) is 0 Å². The number of hydrogen-bond donors (Lipinski definition) is 1. The Morgan fingerprint density at radius 2 is 1.79 bits per heavy atom. The van der Waals surface area contributed by atoms with Gasteiger partial charge in [0.15, 0.2) is 0 Å². The van der Waals surface area contributed by atoms with Gasteiger partial charge in [-0.05, 0) is 66.8 Å². The predicted molar refractivity (Wildman–Crippen MR) is 135 cm³/mol. The number of carbonyl (C=O) groups excluding carboxylic acids is 1. The number of aryl methyl sites for hydroxylation is 1. The number of hydrogen-bond acceptors (Lipinski definition) is 4. The maximum Gasteiger partial charge on any atom is 0.227 e. The van der Waals surface area contributed by atoms with Gasteiger partial charge in [-0.15, -0.1) is 0 Å². The highest BCUT2D eigenvalue weighted by atomic mass is 16.5. The minimum Gasteiger partial charge on any atom is -0.378 e. The zero-order valence-corrected chi connectivity index (χ0v) is 20.2. The molecule has 1 spiro atoms. The molecule has 5 nitrogen and oxygen atoms in total. The maximum absolute atomic E-state index is 13.9. The van der Waals surface area contributed by atoms with Crippen LogP contribution in [-0.4, -0.2) is 63.3 Å². The summed E-state index contributed by atoms with van der Waals surface area (Å²) in [5.41, 5.74) is 5.57. The number of likely N-dealkylation sites (tertiary alicyclic amines) is 1. The van der Waals surface area contributed by atoms with Crippen LogP contribution in [0.1, 0.15) is 48.3 Å².